The van der Waals surface area contributed by atoms with E-state index in [-0.39, 0.29) is 6.04 Å². The minimum atomic E-state index is 0.131. The fraction of sp³-hybridized carbons (Fsp3) is 0.0909. The number of nitrogens with one attached hydrogen (secondary N) is 2. The third kappa shape index (κ3) is 2.95. The summed E-state index contributed by atoms with van der Waals surface area (Å²) in [6, 6.07) is 18.7. The summed E-state index contributed by atoms with van der Waals surface area (Å²) in [5.74, 6) is 0.818. The molecule has 3 aromatic heterocycles. The quantitative estimate of drug-likeness (QED) is 0.480. The van der Waals surface area contributed by atoms with Crippen LogP contribution < -0.4 is 5.32 Å². The molecule has 0 radical (unpaired) electrons. The molecule has 6 nitrogen and oxygen atoms in total. The Labute approximate surface area is 161 Å². The number of pyridine rings is 1. The molecule has 0 bridgehead atoms. The Balaban J connectivity index is 1.56. The van der Waals surface area contributed by atoms with Gasteiger partial charge in [0.1, 0.15) is 17.7 Å². The first-order valence-corrected chi connectivity index (χ1v) is 9.14. The molecule has 2 N–H and O–H groups in total. The molecular formula is C22H18N6. The van der Waals surface area contributed by atoms with E-state index < -0.39 is 0 Å². The van der Waals surface area contributed by atoms with E-state index >= 15 is 0 Å². The topological polar surface area (TPSA) is 79.4 Å². The summed E-state index contributed by atoms with van der Waals surface area (Å²) in [5.41, 5.74) is 5.95. The van der Waals surface area contributed by atoms with E-state index in [9.17, 15) is 0 Å². The second-order valence-corrected chi connectivity index (χ2v) is 6.76. The summed E-state index contributed by atoms with van der Waals surface area (Å²) >= 11 is 0. The van der Waals surface area contributed by atoms with Crippen molar-refractivity contribution in [2.24, 2.45) is 0 Å². The average molecular weight is 366 g/mol. The summed E-state index contributed by atoms with van der Waals surface area (Å²) < 4.78 is 0. The van der Waals surface area contributed by atoms with Gasteiger partial charge in [-0.25, -0.2) is 9.97 Å². The maximum Gasteiger partial charge on any atom is 0.137 e. The fourth-order valence-electron chi connectivity index (χ4n) is 3.37. The molecule has 1 unspecified atom stereocenters. The summed E-state index contributed by atoms with van der Waals surface area (Å²) in [6.45, 7) is 2.13. The van der Waals surface area contributed by atoms with Crippen LogP contribution in [0.15, 0.2) is 73.3 Å². The van der Waals surface area contributed by atoms with Gasteiger partial charge in [-0.2, -0.15) is 5.10 Å². The van der Waals surface area contributed by atoms with Gasteiger partial charge in [-0.3, -0.25) is 10.1 Å². The van der Waals surface area contributed by atoms with Crippen molar-refractivity contribution in [3.8, 4) is 11.1 Å². The predicted octanol–water partition coefficient (Wildman–Crippen LogP) is 4.74. The third-order valence-corrected chi connectivity index (χ3v) is 4.91. The molecule has 2 aromatic carbocycles. The predicted molar refractivity (Wildman–Crippen MR) is 111 cm³/mol. The second kappa shape index (κ2) is 6.74. The molecule has 0 saturated carbocycles. The Kier molecular flexibility index (Phi) is 3.94. The van der Waals surface area contributed by atoms with Crippen LogP contribution in [0, 0.1) is 0 Å². The van der Waals surface area contributed by atoms with Gasteiger partial charge in [-0.1, -0.05) is 36.4 Å². The highest BCUT2D eigenvalue weighted by Crippen LogP contribution is 2.29. The van der Waals surface area contributed by atoms with Gasteiger partial charge in [0.2, 0.25) is 0 Å². The molecule has 3 heterocycles. The third-order valence-electron chi connectivity index (χ3n) is 4.91. The number of aromatic nitrogens is 5. The highest BCUT2D eigenvalue weighted by molar-refractivity contribution is 5.93. The van der Waals surface area contributed by atoms with Crippen LogP contribution in [0.1, 0.15) is 18.5 Å². The van der Waals surface area contributed by atoms with E-state index in [1.807, 2.05) is 30.5 Å². The number of H-pyrrole nitrogens is 1. The van der Waals surface area contributed by atoms with E-state index in [0.717, 1.165) is 38.9 Å². The number of hydrogen-bond acceptors (Lipinski definition) is 5. The van der Waals surface area contributed by atoms with Gasteiger partial charge in [0.05, 0.1) is 17.2 Å². The Bertz CT molecular complexity index is 1260. The minimum Gasteiger partial charge on any atom is -0.363 e. The fourth-order valence-corrected chi connectivity index (χ4v) is 3.37. The molecule has 0 amide bonds. The lowest BCUT2D eigenvalue weighted by molar-refractivity contribution is 0.876. The molecule has 0 aliphatic carbocycles. The highest BCUT2D eigenvalue weighted by Gasteiger charge is 2.11. The van der Waals surface area contributed by atoms with Crippen molar-refractivity contribution in [3.63, 3.8) is 0 Å². The van der Waals surface area contributed by atoms with E-state index in [1.54, 1.807) is 12.5 Å². The molecule has 0 aliphatic rings. The smallest absolute Gasteiger partial charge is 0.137 e. The van der Waals surface area contributed by atoms with Crippen molar-refractivity contribution >= 4 is 27.8 Å². The summed E-state index contributed by atoms with van der Waals surface area (Å²) in [6.07, 6.45) is 5.18. The van der Waals surface area contributed by atoms with Gasteiger partial charge in [-0.15, -0.1) is 0 Å². The zero-order valence-corrected chi connectivity index (χ0v) is 15.3. The Hall–Kier alpha value is -3.80. The largest absolute Gasteiger partial charge is 0.363 e. The van der Waals surface area contributed by atoms with Crippen molar-refractivity contribution in [2.75, 3.05) is 5.32 Å². The molecule has 0 aliphatic heterocycles. The van der Waals surface area contributed by atoms with Crippen LogP contribution in [-0.4, -0.2) is 25.1 Å². The van der Waals surface area contributed by atoms with Crippen LogP contribution in [0.3, 0.4) is 0 Å². The monoisotopic (exact) mass is 366 g/mol. The van der Waals surface area contributed by atoms with Crippen molar-refractivity contribution in [3.05, 3.63) is 78.9 Å². The van der Waals surface area contributed by atoms with Gasteiger partial charge < -0.3 is 5.32 Å². The normalized spacial score (nSPS) is 12.3. The van der Waals surface area contributed by atoms with Crippen molar-refractivity contribution < 1.29 is 0 Å². The van der Waals surface area contributed by atoms with Crippen molar-refractivity contribution in [1.82, 2.24) is 25.1 Å². The number of hydrogen-bond donors (Lipinski definition) is 2. The van der Waals surface area contributed by atoms with Gasteiger partial charge >= 0.3 is 0 Å². The van der Waals surface area contributed by atoms with Crippen LogP contribution in [0.4, 0.5) is 5.82 Å². The molecule has 0 fully saturated rings. The maximum atomic E-state index is 4.49. The van der Waals surface area contributed by atoms with Gasteiger partial charge in [-0.05, 0) is 36.2 Å². The number of anilines is 1. The van der Waals surface area contributed by atoms with E-state index in [4.69, 9.17) is 0 Å². The molecule has 5 rings (SSSR count). The number of rotatable bonds is 4. The molecule has 28 heavy (non-hydrogen) atoms. The summed E-state index contributed by atoms with van der Waals surface area (Å²) in [5, 5.41) is 11.5. The van der Waals surface area contributed by atoms with Crippen LogP contribution >= 0.6 is 0 Å². The number of aromatic amines is 1. The molecule has 136 valence electrons. The van der Waals surface area contributed by atoms with Gasteiger partial charge in [0, 0.05) is 23.2 Å². The molecule has 6 heteroatoms. The summed E-state index contributed by atoms with van der Waals surface area (Å²) in [4.78, 5) is 13.4. The Morgan fingerprint density at radius 1 is 0.857 bits per heavy atom. The number of benzene rings is 2. The zero-order valence-electron chi connectivity index (χ0n) is 15.3. The first-order valence-electron chi connectivity index (χ1n) is 9.14. The van der Waals surface area contributed by atoms with E-state index in [0.29, 0.717) is 0 Å². The summed E-state index contributed by atoms with van der Waals surface area (Å²) in [7, 11) is 0. The lowest BCUT2D eigenvalue weighted by atomic mass is 10.0. The van der Waals surface area contributed by atoms with E-state index in [2.05, 4.69) is 67.7 Å². The standard InChI is InChI=1S/C22H18N6/c1-14(15-5-3-2-4-6-15)27-22-18-9-16(7-8-19(18)24-13-25-22)17-10-20-21(23-11-17)12-26-28-20/h2-14H,1H3,(H,26,28)(H,24,25,27). The van der Waals surface area contributed by atoms with Crippen LogP contribution in [0.5, 0.6) is 0 Å². The SMILES string of the molecule is CC(Nc1ncnc2ccc(-c3cnc4cn[nH]c4c3)cc12)c1ccccc1. The first-order chi connectivity index (χ1) is 13.8. The Morgan fingerprint density at radius 2 is 1.75 bits per heavy atom. The average Bonchev–Trinajstić information content (AvgIpc) is 3.22. The van der Waals surface area contributed by atoms with Crippen LogP contribution in [0.25, 0.3) is 33.1 Å². The van der Waals surface area contributed by atoms with Gasteiger partial charge in [0.25, 0.3) is 0 Å². The molecule has 5 aromatic rings. The number of fused-ring (bicyclic) bond motifs is 2. The van der Waals surface area contributed by atoms with Crippen LogP contribution in [-0.2, 0) is 0 Å². The highest BCUT2D eigenvalue weighted by atomic mass is 15.1. The Morgan fingerprint density at radius 3 is 2.64 bits per heavy atom. The minimum absolute atomic E-state index is 0.131. The lowest BCUT2D eigenvalue weighted by Gasteiger charge is -2.16. The molecule has 1 atom stereocenters. The van der Waals surface area contributed by atoms with Gasteiger partial charge in [0.15, 0.2) is 0 Å². The zero-order chi connectivity index (χ0) is 18.9. The molecular weight excluding hydrogens is 348 g/mol. The molecule has 0 spiro atoms. The van der Waals surface area contributed by atoms with Crippen LogP contribution in [0.2, 0.25) is 0 Å². The lowest BCUT2D eigenvalue weighted by Crippen LogP contribution is -2.08. The maximum absolute atomic E-state index is 4.49. The number of nitrogens with zero attached hydrogens (tertiary/aromatic N) is 4. The molecule has 0 saturated heterocycles. The first kappa shape index (κ1) is 16.4. The second-order valence-electron chi connectivity index (χ2n) is 6.76. The van der Waals surface area contributed by atoms with E-state index in [1.165, 1.54) is 5.56 Å². The van der Waals surface area contributed by atoms with Crippen molar-refractivity contribution in [1.29, 1.82) is 0 Å². The van der Waals surface area contributed by atoms with Crippen molar-refractivity contribution in [2.45, 2.75) is 13.0 Å².